The van der Waals surface area contributed by atoms with E-state index >= 15 is 0 Å². The first-order valence-electron chi connectivity index (χ1n) is 17.7. The summed E-state index contributed by atoms with van der Waals surface area (Å²) in [6.07, 6.45) is 7.61. The Morgan fingerprint density at radius 3 is 1.31 bits per heavy atom. The van der Waals surface area contributed by atoms with Crippen molar-refractivity contribution in [1.82, 2.24) is 0 Å². The molecule has 0 atom stereocenters. The molecule has 0 saturated heterocycles. The van der Waals surface area contributed by atoms with Crippen LogP contribution in [-0.4, -0.2) is 56.9 Å². The Bertz CT molecular complexity index is 1590. The van der Waals surface area contributed by atoms with Gasteiger partial charge in [-0.3, -0.25) is 0 Å². The summed E-state index contributed by atoms with van der Waals surface area (Å²) in [5.41, 5.74) is 2.58. The van der Waals surface area contributed by atoms with Gasteiger partial charge in [-0.2, -0.15) is 0 Å². The Morgan fingerprint density at radius 1 is 0.462 bits per heavy atom. The SMILES string of the molecule is C=C(C)C(=O)OCCCCCCOc1ccc(C(=O)OCCc2ccc(OC(=O)c3ccc(OCCCCCCOC(=O)C(=C)C)cc3)cc2)cc1. The van der Waals surface area contributed by atoms with Crippen LogP contribution in [-0.2, 0) is 30.2 Å². The molecule has 0 aromatic heterocycles. The van der Waals surface area contributed by atoms with E-state index in [-0.39, 0.29) is 18.5 Å². The second-order valence-corrected chi connectivity index (χ2v) is 12.3. The third-order valence-electron chi connectivity index (χ3n) is 7.72. The predicted octanol–water partition coefficient (Wildman–Crippen LogP) is 8.42. The molecule has 10 nitrogen and oxygen atoms in total. The second kappa shape index (κ2) is 23.2. The van der Waals surface area contributed by atoms with E-state index in [1.807, 2.05) is 12.1 Å². The summed E-state index contributed by atoms with van der Waals surface area (Å²) in [6.45, 7) is 12.5. The molecule has 0 aliphatic heterocycles. The van der Waals surface area contributed by atoms with Crippen molar-refractivity contribution in [2.45, 2.75) is 71.6 Å². The Morgan fingerprint density at radius 2 is 0.865 bits per heavy atom. The standard InChI is InChI=1S/C42H50O10/c1-31(2)39(43)49-28-11-7-5-9-26-47-36-21-15-34(16-22-36)41(45)51-30-25-33-13-19-38(20-14-33)52-42(46)35-17-23-37(24-18-35)48-27-10-6-8-12-29-50-40(44)32(3)4/h13-24H,1,3,5-12,25-30H2,2,4H3. The van der Waals surface area contributed by atoms with E-state index in [1.54, 1.807) is 74.5 Å². The molecule has 0 saturated carbocycles. The van der Waals surface area contributed by atoms with Crippen LogP contribution < -0.4 is 14.2 Å². The van der Waals surface area contributed by atoms with Crippen molar-refractivity contribution in [2.75, 3.05) is 33.0 Å². The van der Waals surface area contributed by atoms with Crippen LogP contribution in [0.15, 0.2) is 97.1 Å². The highest BCUT2D eigenvalue weighted by atomic mass is 16.5. The van der Waals surface area contributed by atoms with Gasteiger partial charge in [-0.25, -0.2) is 19.2 Å². The van der Waals surface area contributed by atoms with E-state index in [2.05, 4.69) is 13.2 Å². The first-order chi connectivity index (χ1) is 25.1. The molecule has 278 valence electrons. The maximum atomic E-state index is 12.6. The molecule has 0 heterocycles. The second-order valence-electron chi connectivity index (χ2n) is 12.3. The fourth-order valence-corrected chi connectivity index (χ4v) is 4.68. The minimum Gasteiger partial charge on any atom is -0.494 e. The molecule has 0 aliphatic carbocycles. The van der Waals surface area contributed by atoms with E-state index < -0.39 is 11.9 Å². The minimum absolute atomic E-state index is 0.198. The zero-order valence-electron chi connectivity index (χ0n) is 30.3. The van der Waals surface area contributed by atoms with E-state index in [9.17, 15) is 19.2 Å². The molecule has 0 unspecified atom stereocenters. The first-order valence-corrected chi connectivity index (χ1v) is 17.7. The van der Waals surface area contributed by atoms with Crippen molar-refractivity contribution in [3.63, 3.8) is 0 Å². The summed E-state index contributed by atoms with van der Waals surface area (Å²) in [4.78, 5) is 47.9. The zero-order chi connectivity index (χ0) is 37.6. The van der Waals surface area contributed by atoms with Gasteiger partial charge in [-0.15, -0.1) is 0 Å². The summed E-state index contributed by atoms with van der Waals surface area (Å²) in [5, 5.41) is 0. The van der Waals surface area contributed by atoms with Crippen molar-refractivity contribution >= 4 is 23.9 Å². The number of carbonyl (C=O) groups is 4. The lowest BCUT2D eigenvalue weighted by Gasteiger charge is -2.09. The van der Waals surface area contributed by atoms with Gasteiger partial charge in [-0.1, -0.05) is 25.3 Å². The van der Waals surface area contributed by atoms with Gasteiger partial charge in [0.05, 0.1) is 44.2 Å². The number of carbonyl (C=O) groups excluding carboxylic acids is 4. The maximum Gasteiger partial charge on any atom is 0.343 e. The third kappa shape index (κ3) is 16.1. The van der Waals surface area contributed by atoms with Crippen LogP contribution in [0, 0.1) is 0 Å². The Kier molecular flexibility index (Phi) is 18.3. The summed E-state index contributed by atoms with van der Waals surface area (Å²) in [7, 11) is 0. The van der Waals surface area contributed by atoms with E-state index in [4.69, 9.17) is 28.4 Å². The molecule has 0 bridgehead atoms. The lowest BCUT2D eigenvalue weighted by molar-refractivity contribution is -0.139. The lowest BCUT2D eigenvalue weighted by Crippen LogP contribution is -2.09. The molecule has 10 heteroatoms. The molecular formula is C42H50O10. The quantitative estimate of drug-likeness (QED) is 0.0294. The number of ether oxygens (including phenoxy) is 6. The van der Waals surface area contributed by atoms with Crippen LogP contribution >= 0.6 is 0 Å². The average Bonchev–Trinajstić information content (AvgIpc) is 3.14. The molecule has 52 heavy (non-hydrogen) atoms. The Balaban J connectivity index is 1.26. The van der Waals surface area contributed by atoms with E-state index in [0.717, 1.165) is 56.9 Å². The van der Waals surface area contributed by atoms with Gasteiger partial charge < -0.3 is 28.4 Å². The molecule has 0 amide bonds. The topological polar surface area (TPSA) is 124 Å². The number of hydrogen-bond acceptors (Lipinski definition) is 10. The normalized spacial score (nSPS) is 10.5. The number of hydrogen-bond donors (Lipinski definition) is 0. The Labute approximate surface area is 306 Å². The number of esters is 4. The van der Waals surface area contributed by atoms with Crippen molar-refractivity contribution in [2.24, 2.45) is 0 Å². The highest BCUT2D eigenvalue weighted by molar-refractivity contribution is 5.91. The van der Waals surface area contributed by atoms with Gasteiger partial charge in [-0.05, 0) is 131 Å². The molecule has 3 aromatic rings. The molecule has 3 aromatic carbocycles. The van der Waals surface area contributed by atoms with Crippen LogP contribution in [0.1, 0.15) is 91.5 Å². The van der Waals surface area contributed by atoms with Gasteiger partial charge >= 0.3 is 23.9 Å². The van der Waals surface area contributed by atoms with Crippen LogP contribution in [0.5, 0.6) is 17.2 Å². The van der Waals surface area contributed by atoms with Crippen molar-refractivity contribution in [1.29, 1.82) is 0 Å². The summed E-state index contributed by atoms with van der Waals surface area (Å²) in [6, 6.07) is 20.7. The molecule has 0 aliphatic rings. The smallest absolute Gasteiger partial charge is 0.343 e. The number of unbranched alkanes of at least 4 members (excludes halogenated alkanes) is 6. The maximum absolute atomic E-state index is 12.6. The fourth-order valence-electron chi connectivity index (χ4n) is 4.68. The van der Waals surface area contributed by atoms with Crippen molar-refractivity contribution < 1.29 is 47.6 Å². The van der Waals surface area contributed by atoms with E-state index in [1.165, 1.54) is 0 Å². The van der Waals surface area contributed by atoms with Gasteiger partial charge in [0, 0.05) is 17.6 Å². The van der Waals surface area contributed by atoms with Crippen LogP contribution in [0.2, 0.25) is 0 Å². The van der Waals surface area contributed by atoms with Crippen LogP contribution in [0.3, 0.4) is 0 Å². The summed E-state index contributed by atoms with van der Waals surface area (Å²) >= 11 is 0. The highest BCUT2D eigenvalue weighted by Crippen LogP contribution is 2.18. The Hall–Kier alpha value is -5.38. The zero-order valence-corrected chi connectivity index (χ0v) is 30.3. The van der Waals surface area contributed by atoms with Crippen molar-refractivity contribution in [3.8, 4) is 17.2 Å². The first kappa shape index (κ1) is 41.0. The predicted molar refractivity (Wildman–Crippen MR) is 198 cm³/mol. The van der Waals surface area contributed by atoms with Gasteiger partial charge in [0.2, 0.25) is 0 Å². The third-order valence-corrected chi connectivity index (χ3v) is 7.72. The van der Waals surface area contributed by atoms with Crippen molar-refractivity contribution in [3.05, 3.63) is 114 Å². The molecule has 0 radical (unpaired) electrons. The number of benzene rings is 3. The largest absolute Gasteiger partial charge is 0.494 e. The van der Waals surface area contributed by atoms with Crippen LogP contribution in [0.25, 0.3) is 0 Å². The monoisotopic (exact) mass is 714 g/mol. The van der Waals surface area contributed by atoms with E-state index in [0.29, 0.717) is 72.4 Å². The molecule has 0 spiro atoms. The highest BCUT2D eigenvalue weighted by Gasteiger charge is 2.11. The fraction of sp³-hybridized carbons (Fsp3) is 0.381. The number of rotatable bonds is 24. The van der Waals surface area contributed by atoms with Crippen LogP contribution in [0.4, 0.5) is 0 Å². The van der Waals surface area contributed by atoms with Gasteiger partial charge in [0.25, 0.3) is 0 Å². The lowest BCUT2D eigenvalue weighted by atomic mass is 10.1. The summed E-state index contributed by atoms with van der Waals surface area (Å²) < 4.78 is 32.6. The van der Waals surface area contributed by atoms with Gasteiger partial charge in [0.1, 0.15) is 17.2 Å². The average molecular weight is 715 g/mol. The molecule has 0 fully saturated rings. The minimum atomic E-state index is -0.479. The summed E-state index contributed by atoms with van der Waals surface area (Å²) in [5.74, 6) is 0.142. The molecule has 0 N–H and O–H groups in total. The molecule has 3 rings (SSSR count). The molecular weight excluding hydrogens is 664 g/mol. The van der Waals surface area contributed by atoms with Gasteiger partial charge in [0.15, 0.2) is 0 Å².